The minimum absolute atomic E-state index is 0.0103. The molecule has 0 atom stereocenters. The molecule has 0 bridgehead atoms. The van der Waals surface area contributed by atoms with Crippen LogP contribution >= 0.6 is 0 Å². The number of fused-ring (bicyclic) bond motifs is 1. The van der Waals surface area contributed by atoms with Crippen LogP contribution in [0.2, 0.25) is 0 Å². The molecular weight excluding hydrogens is 387 g/mol. The summed E-state index contributed by atoms with van der Waals surface area (Å²) in [4.78, 5) is 21.6. The van der Waals surface area contributed by atoms with Crippen LogP contribution in [0.15, 0.2) is 30.3 Å². The molecule has 1 aromatic carbocycles. The van der Waals surface area contributed by atoms with Crippen LogP contribution in [0.1, 0.15) is 22.8 Å². The number of hydrogen-bond donors (Lipinski definition) is 0. The molecule has 0 spiro atoms. The molecule has 0 aliphatic heterocycles. The molecule has 10 heteroatoms. The molecule has 2 heterocycles. The Morgan fingerprint density at radius 3 is 2.52 bits per heavy atom. The maximum atomic E-state index is 12.9. The Balaban J connectivity index is 1.70. The van der Waals surface area contributed by atoms with Gasteiger partial charge in [-0.1, -0.05) is 18.2 Å². The highest BCUT2D eigenvalue weighted by molar-refractivity contribution is 5.79. The van der Waals surface area contributed by atoms with Crippen LogP contribution in [-0.2, 0) is 17.4 Å². The van der Waals surface area contributed by atoms with E-state index < -0.39 is 12.0 Å². The normalized spacial score (nSPS) is 11.7. The summed E-state index contributed by atoms with van der Waals surface area (Å²) >= 11 is 0. The van der Waals surface area contributed by atoms with Crippen LogP contribution in [0.4, 0.5) is 13.2 Å². The number of amides is 1. The van der Waals surface area contributed by atoms with Crippen molar-refractivity contribution in [2.45, 2.75) is 26.4 Å². The number of halogens is 3. The van der Waals surface area contributed by atoms with Gasteiger partial charge in [-0.25, -0.2) is 9.50 Å². The van der Waals surface area contributed by atoms with Gasteiger partial charge >= 0.3 is 6.18 Å². The predicted molar refractivity (Wildman–Crippen MR) is 98.5 cm³/mol. The molecule has 0 aliphatic carbocycles. The fourth-order valence-corrected chi connectivity index (χ4v) is 2.81. The van der Waals surface area contributed by atoms with Crippen molar-refractivity contribution >= 4 is 11.7 Å². The van der Waals surface area contributed by atoms with Gasteiger partial charge < -0.3 is 9.64 Å². The molecule has 1 amide bonds. The first-order chi connectivity index (χ1) is 13.7. The zero-order valence-electron chi connectivity index (χ0n) is 16.2. The van der Waals surface area contributed by atoms with Crippen molar-refractivity contribution in [2.75, 3.05) is 20.2 Å². The number of rotatable bonds is 6. The summed E-state index contributed by atoms with van der Waals surface area (Å²) in [6.45, 7) is 3.91. The van der Waals surface area contributed by atoms with Gasteiger partial charge in [-0.05, 0) is 26.0 Å². The topological polar surface area (TPSA) is 72.6 Å². The first-order valence-electron chi connectivity index (χ1n) is 8.88. The second-order valence-corrected chi connectivity index (χ2v) is 6.56. The molecule has 0 unspecified atom stereocenters. The molecule has 3 aromatic rings. The van der Waals surface area contributed by atoms with Gasteiger partial charge in [-0.2, -0.15) is 18.2 Å². The molecule has 0 radical (unpaired) electrons. The summed E-state index contributed by atoms with van der Waals surface area (Å²) in [6.07, 6.45) is -4.67. The van der Waals surface area contributed by atoms with Crippen LogP contribution in [0, 0.1) is 13.8 Å². The summed E-state index contributed by atoms with van der Waals surface area (Å²) < 4.78 is 45.2. The third-order valence-electron chi connectivity index (χ3n) is 4.49. The second-order valence-electron chi connectivity index (χ2n) is 6.56. The van der Waals surface area contributed by atoms with Gasteiger partial charge in [0.05, 0.1) is 13.0 Å². The highest BCUT2D eigenvalue weighted by atomic mass is 19.4. The van der Waals surface area contributed by atoms with E-state index in [0.29, 0.717) is 35.9 Å². The summed E-state index contributed by atoms with van der Waals surface area (Å²) in [5.41, 5.74) is 1.37. The van der Waals surface area contributed by atoms with E-state index in [2.05, 4.69) is 15.1 Å². The molecule has 0 saturated carbocycles. The second kappa shape index (κ2) is 8.06. The molecule has 0 aliphatic rings. The SMILES string of the molecule is Cc1nc2nc(C(F)(F)F)nn2c(C)c1CC(=O)N(C)CCOc1ccccc1. The third kappa shape index (κ3) is 4.64. The van der Waals surface area contributed by atoms with Crippen molar-refractivity contribution in [3.63, 3.8) is 0 Å². The Bertz CT molecular complexity index is 1020. The average molecular weight is 407 g/mol. The minimum atomic E-state index is -4.66. The number of aromatic nitrogens is 4. The van der Waals surface area contributed by atoms with E-state index in [1.54, 1.807) is 20.9 Å². The van der Waals surface area contributed by atoms with Crippen LogP contribution in [0.25, 0.3) is 5.78 Å². The number of carbonyl (C=O) groups excluding carboxylic acids is 1. The first-order valence-corrected chi connectivity index (χ1v) is 8.88. The number of carbonyl (C=O) groups is 1. The lowest BCUT2D eigenvalue weighted by Gasteiger charge is -2.19. The first kappa shape index (κ1) is 20.6. The number of para-hydroxylation sites is 1. The van der Waals surface area contributed by atoms with Crippen LogP contribution in [0.5, 0.6) is 5.75 Å². The molecule has 7 nitrogen and oxygen atoms in total. The molecule has 0 fully saturated rings. The van der Waals surface area contributed by atoms with Gasteiger partial charge in [0.25, 0.3) is 11.6 Å². The van der Waals surface area contributed by atoms with Crippen LogP contribution < -0.4 is 4.74 Å². The van der Waals surface area contributed by atoms with E-state index in [-0.39, 0.29) is 18.1 Å². The highest BCUT2D eigenvalue weighted by Crippen LogP contribution is 2.27. The zero-order valence-corrected chi connectivity index (χ0v) is 16.2. The van der Waals surface area contributed by atoms with Gasteiger partial charge in [0.2, 0.25) is 5.91 Å². The number of hydrogen-bond acceptors (Lipinski definition) is 5. The van der Waals surface area contributed by atoms with E-state index >= 15 is 0 Å². The standard InChI is InChI=1S/C19H20F3N5O2/c1-12-15(13(2)27-18(23-12)24-17(25-27)19(20,21)22)11-16(28)26(3)9-10-29-14-7-5-4-6-8-14/h4-8H,9-11H2,1-3H3. The number of likely N-dealkylation sites (N-methyl/N-ethyl adjacent to an activating group) is 1. The van der Waals surface area contributed by atoms with E-state index in [4.69, 9.17) is 4.74 Å². The fraction of sp³-hybridized carbons (Fsp3) is 0.368. The Labute approximate surface area is 165 Å². The van der Waals surface area contributed by atoms with E-state index in [9.17, 15) is 18.0 Å². The molecule has 154 valence electrons. The Morgan fingerprint density at radius 2 is 1.86 bits per heavy atom. The zero-order chi connectivity index (χ0) is 21.2. The number of nitrogens with zero attached hydrogens (tertiary/aromatic N) is 5. The van der Waals surface area contributed by atoms with E-state index in [1.807, 2.05) is 30.3 Å². The smallest absolute Gasteiger partial charge is 0.453 e. The number of alkyl halides is 3. The van der Waals surface area contributed by atoms with Gasteiger partial charge in [-0.15, -0.1) is 5.10 Å². The van der Waals surface area contributed by atoms with E-state index in [1.165, 1.54) is 4.90 Å². The van der Waals surface area contributed by atoms with Crippen molar-refractivity contribution in [1.82, 2.24) is 24.5 Å². The monoisotopic (exact) mass is 407 g/mol. The molecule has 0 N–H and O–H groups in total. The highest BCUT2D eigenvalue weighted by Gasteiger charge is 2.37. The van der Waals surface area contributed by atoms with Crippen molar-refractivity contribution in [1.29, 1.82) is 0 Å². The van der Waals surface area contributed by atoms with Crippen LogP contribution in [0.3, 0.4) is 0 Å². The minimum Gasteiger partial charge on any atom is -0.492 e. The Hall–Kier alpha value is -3.17. The molecule has 29 heavy (non-hydrogen) atoms. The van der Waals surface area contributed by atoms with Gasteiger partial charge in [0.1, 0.15) is 12.4 Å². The molecule has 0 saturated heterocycles. The van der Waals surface area contributed by atoms with Gasteiger partial charge in [-0.3, -0.25) is 4.79 Å². The summed E-state index contributed by atoms with van der Waals surface area (Å²) in [5, 5.41) is 3.49. The molecular formula is C19H20F3N5O2. The summed E-state index contributed by atoms with van der Waals surface area (Å²) in [5.74, 6) is -0.897. The maximum absolute atomic E-state index is 12.9. The summed E-state index contributed by atoms with van der Waals surface area (Å²) in [7, 11) is 1.64. The van der Waals surface area contributed by atoms with E-state index in [0.717, 1.165) is 4.52 Å². The summed E-state index contributed by atoms with van der Waals surface area (Å²) in [6, 6.07) is 9.23. The van der Waals surface area contributed by atoms with Crippen molar-refractivity contribution in [3.8, 4) is 5.75 Å². The lowest BCUT2D eigenvalue weighted by atomic mass is 10.1. The molecule has 2 aromatic heterocycles. The predicted octanol–water partition coefficient (Wildman–Crippen LogP) is 2.84. The van der Waals surface area contributed by atoms with Crippen molar-refractivity contribution < 1.29 is 22.7 Å². The maximum Gasteiger partial charge on any atom is 0.453 e. The Kier molecular flexibility index (Phi) is 5.71. The average Bonchev–Trinajstić information content (AvgIpc) is 3.10. The molecule has 3 rings (SSSR count). The van der Waals surface area contributed by atoms with Gasteiger partial charge in [0.15, 0.2) is 0 Å². The lowest BCUT2D eigenvalue weighted by Crippen LogP contribution is -2.32. The largest absolute Gasteiger partial charge is 0.492 e. The number of benzene rings is 1. The lowest BCUT2D eigenvalue weighted by molar-refractivity contribution is -0.144. The van der Waals surface area contributed by atoms with Gasteiger partial charge in [0, 0.05) is 24.0 Å². The van der Waals surface area contributed by atoms with Crippen molar-refractivity contribution in [2.24, 2.45) is 0 Å². The quantitative estimate of drug-likeness (QED) is 0.628. The van der Waals surface area contributed by atoms with Crippen molar-refractivity contribution in [3.05, 3.63) is 53.1 Å². The van der Waals surface area contributed by atoms with Crippen LogP contribution in [-0.4, -0.2) is 50.6 Å². The third-order valence-corrected chi connectivity index (χ3v) is 4.49. The number of aryl methyl sites for hydroxylation is 2. The Morgan fingerprint density at radius 1 is 1.17 bits per heavy atom. The fourth-order valence-electron chi connectivity index (χ4n) is 2.81. The number of ether oxygens (including phenoxy) is 1.